The van der Waals surface area contributed by atoms with Gasteiger partial charge in [0.25, 0.3) is 0 Å². The van der Waals surface area contributed by atoms with E-state index in [0.29, 0.717) is 12.2 Å². The highest BCUT2D eigenvalue weighted by Crippen LogP contribution is 2.25. The zero-order valence-electron chi connectivity index (χ0n) is 11.6. The number of ether oxygens (including phenoxy) is 1. The molecule has 1 saturated heterocycles. The largest absolute Gasteiger partial charge is 0.497 e. The molecule has 1 aliphatic rings. The average Bonchev–Trinajstić information content (AvgIpc) is 2.73. The van der Waals surface area contributed by atoms with Gasteiger partial charge in [0.1, 0.15) is 11.8 Å². The lowest BCUT2D eigenvalue weighted by molar-refractivity contribution is -0.140. The first kappa shape index (κ1) is 16.1. The van der Waals surface area contributed by atoms with Crippen molar-refractivity contribution in [1.82, 2.24) is 4.31 Å². The fourth-order valence-electron chi connectivity index (χ4n) is 2.12. The number of carboxylic acid groups (broad SMARTS) is 1. The molecule has 0 aromatic heterocycles. The fraction of sp³-hybridized carbons (Fsp3) is 0.462. The molecule has 1 aromatic rings. The lowest BCUT2D eigenvalue weighted by Crippen LogP contribution is -2.46. The molecule has 0 saturated carbocycles. The van der Waals surface area contributed by atoms with Crippen LogP contribution in [0.2, 0.25) is 0 Å². The van der Waals surface area contributed by atoms with Crippen molar-refractivity contribution in [3.05, 3.63) is 24.3 Å². The Kier molecular flexibility index (Phi) is 5.13. The molecule has 6 nitrogen and oxygen atoms in total. The van der Waals surface area contributed by atoms with Crippen LogP contribution in [0.1, 0.15) is 6.42 Å². The number of sulfonamides is 1. The summed E-state index contributed by atoms with van der Waals surface area (Å²) in [6.45, 7) is 0.221. The first-order chi connectivity index (χ1) is 9.96. The molecule has 116 valence electrons. The van der Waals surface area contributed by atoms with Gasteiger partial charge in [0.2, 0.25) is 10.0 Å². The van der Waals surface area contributed by atoms with Crippen molar-refractivity contribution in [2.75, 3.05) is 25.2 Å². The number of carbonyl (C=O) groups is 1. The molecule has 0 aliphatic carbocycles. The van der Waals surface area contributed by atoms with Crippen LogP contribution in [0.4, 0.5) is 0 Å². The third-order valence-electron chi connectivity index (χ3n) is 3.24. The Hall–Kier alpha value is -1.25. The number of thioether (sulfide) groups is 1. The third-order valence-corrected chi connectivity index (χ3v) is 6.29. The highest BCUT2D eigenvalue weighted by atomic mass is 32.2. The van der Waals surface area contributed by atoms with Crippen molar-refractivity contribution in [3.63, 3.8) is 0 Å². The molecule has 1 heterocycles. The minimum Gasteiger partial charge on any atom is -0.497 e. The monoisotopic (exact) mass is 331 g/mol. The highest BCUT2D eigenvalue weighted by Gasteiger charge is 2.36. The van der Waals surface area contributed by atoms with Gasteiger partial charge in [0, 0.05) is 12.3 Å². The molecular weight excluding hydrogens is 314 g/mol. The molecule has 1 N–H and O–H groups in total. The van der Waals surface area contributed by atoms with Gasteiger partial charge >= 0.3 is 5.97 Å². The van der Waals surface area contributed by atoms with E-state index in [0.717, 1.165) is 10.1 Å². The summed E-state index contributed by atoms with van der Waals surface area (Å²) >= 11 is 1.47. The van der Waals surface area contributed by atoms with E-state index in [1.54, 1.807) is 12.1 Å². The smallest absolute Gasteiger partial charge is 0.322 e. The first-order valence-electron chi connectivity index (χ1n) is 6.43. The summed E-state index contributed by atoms with van der Waals surface area (Å²) in [5.41, 5.74) is 0. The first-order valence-corrected chi connectivity index (χ1v) is 9.02. The van der Waals surface area contributed by atoms with Gasteiger partial charge in [-0.15, -0.1) is 0 Å². The highest BCUT2D eigenvalue weighted by molar-refractivity contribution is 7.99. The number of methoxy groups -OCH3 is 1. The molecule has 0 unspecified atom stereocenters. The molecule has 1 aromatic carbocycles. The Balaban J connectivity index is 2.36. The summed E-state index contributed by atoms with van der Waals surface area (Å²) in [5.74, 6) is 0.472. The maximum Gasteiger partial charge on any atom is 0.322 e. The molecule has 1 fully saturated rings. The second kappa shape index (κ2) is 6.67. The summed E-state index contributed by atoms with van der Waals surface area (Å²) in [6.07, 6.45) is 0.643. The normalized spacial score (nSPS) is 20.7. The maximum absolute atomic E-state index is 12.7. The third kappa shape index (κ3) is 3.50. The average molecular weight is 331 g/mol. The SMILES string of the molecule is COc1ccc(S(=O)(=O)N2CCCSC[C@@H]2C(=O)O)cc1. The number of benzene rings is 1. The second-order valence-corrected chi connectivity index (χ2v) is 7.61. The molecule has 1 atom stereocenters. The van der Waals surface area contributed by atoms with Crippen LogP contribution in [0, 0.1) is 0 Å². The summed E-state index contributed by atoms with van der Waals surface area (Å²) < 4.78 is 31.4. The standard InChI is InChI=1S/C13H17NO5S2/c1-19-10-3-5-11(6-4-10)21(17,18)14-7-2-8-20-9-12(14)13(15)16/h3-6,12H,2,7-9H2,1H3,(H,15,16)/t12-/m1/s1. The predicted octanol–water partition coefficient (Wildman–Crippen LogP) is 1.28. The van der Waals surface area contributed by atoms with Crippen molar-refractivity contribution in [3.8, 4) is 5.75 Å². The number of nitrogens with zero attached hydrogens (tertiary/aromatic N) is 1. The molecule has 0 radical (unpaired) electrons. The van der Waals surface area contributed by atoms with Gasteiger partial charge in [0.05, 0.1) is 12.0 Å². The van der Waals surface area contributed by atoms with Crippen molar-refractivity contribution in [2.45, 2.75) is 17.4 Å². The molecule has 8 heteroatoms. The number of rotatable bonds is 4. The zero-order chi connectivity index (χ0) is 15.5. The minimum atomic E-state index is -3.82. The van der Waals surface area contributed by atoms with E-state index < -0.39 is 22.0 Å². The predicted molar refractivity (Wildman–Crippen MR) is 80.3 cm³/mol. The van der Waals surface area contributed by atoms with E-state index in [1.165, 1.54) is 31.0 Å². The van der Waals surface area contributed by atoms with E-state index >= 15 is 0 Å². The molecule has 0 bridgehead atoms. The van der Waals surface area contributed by atoms with Crippen LogP contribution in [0.15, 0.2) is 29.2 Å². The molecule has 0 spiro atoms. The number of carboxylic acids is 1. The summed E-state index contributed by atoms with van der Waals surface area (Å²) in [7, 11) is -2.32. The van der Waals surface area contributed by atoms with Gasteiger partial charge < -0.3 is 9.84 Å². The lowest BCUT2D eigenvalue weighted by Gasteiger charge is -2.25. The molecular formula is C13H17NO5S2. The van der Waals surface area contributed by atoms with Crippen LogP contribution in [0.5, 0.6) is 5.75 Å². The van der Waals surface area contributed by atoms with E-state index in [2.05, 4.69) is 0 Å². The van der Waals surface area contributed by atoms with E-state index in [-0.39, 0.29) is 17.2 Å². The summed E-state index contributed by atoms with van der Waals surface area (Å²) in [5, 5.41) is 9.29. The summed E-state index contributed by atoms with van der Waals surface area (Å²) in [6, 6.07) is 4.95. The van der Waals surface area contributed by atoms with Gasteiger partial charge in [-0.2, -0.15) is 16.1 Å². The zero-order valence-corrected chi connectivity index (χ0v) is 13.2. The van der Waals surface area contributed by atoms with Gasteiger partial charge in [-0.05, 0) is 36.4 Å². The topological polar surface area (TPSA) is 83.9 Å². The van der Waals surface area contributed by atoms with Crippen molar-refractivity contribution in [2.24, 2.45) is 0 Å². The van der Waals surface area contributed by atoms with Crippen LogP contribution in [-0.4, -0.2) is 55.0 Å². The van der Waals surface area contributed by atoms with E-state index in [4.69, 9.17) is 4.74 Å². The number of hydrogen-bond acceptors (Lipinski definition) is 5. The Morgan fingerprint density at radius 3 is 2.62 bits per heavy atom. The van der Waals surface area contributed by atoms with Crippen molar-refractivity contribution >= 4 is 27.8 Å². The van der Waals surface area contributed by atoms with Crippen LogP contribution >= 0.6 is 11.8 Å². The van der Waals surface area contributed by atoms with Crippen molar-refractivity contribution < 1.29 is 23.1 Å². The minimum absolute atomic E-state index is 0.0847. The second-order valence-electron chi connectivity index (χ2n) is 4.57. The van der Waals surface area contributed by atoms with Crippen LogP contribution in [0.3, 0.4) is 0 Å². The molecule has 1 aliphatic heterocycles. The Bertz CT molecular complexity index is 599. The Morgan fingerprint density at radius 2 is 2.05 bits per heavy atom. The van der Waals surface area contributed by atoms with Gasteiger partial charge in [-0.1, -0.05) is 0 Å². The van der Waals surface area contributed by atoms with Gasteiger partial charge in [-0.3, -0.25) is 4.79 Å². The number of hydrogen-bond donors (Lipinski definition) is 1. The van der Waals surface area contributed by atoms with E-state index in [9.17, 15) is 18.3 Å². The van der Waals surface area contributed by atoms with Gasteiger partial charge in [0.15, 0.2) is 0 Å². The Morgan fingerprint density at radius 1 is 1.38 bits per heavy atom. The summed E-state index contributed by atoms with van der Waals surface area (Å²) in [4.78, 5) is 11.4. The lowest BCUT2D eigenvalue weighted by atomic mass is 10.3. The Labute approximate surface area is 128 Å². The quantitative estimate of drug-likeness (QED) is 0.895. The van der Waals surface area contributed by atoms with Crippen LogP contribution in [-0.2, 0) is 14.8 Å². The number of aliphatic carboxylic acids is 1. The van der Waals surface area contributed by atoms with Crippen LogP contribution in [0.25, 0.3) is 0 Å². The van der Waals surface area contributed by atoms with Crippen LogP contribution < -0.4 is 4.74 Å². The van der Waals surface area contributed by atoms with E-state index in [1.807, 2.05) is 0 Å². The van der Waals surface area contributed by atoms with Gasteiger partial charge in [-0.25, -0.2) is 8.42 Å². The molecule has 0 amide bonds. The molecule has 21 heavy (non-hydrogen) atoms. The maximum atomic E-state index is 12.7. The molecule has 2 rings (SSSR count). The van der Waals surface area contributed by atoms with Crippen molar-refractivity contribution in [1.29, 1.82) is 0 Å². The fourth-order valence-corrected chi connectivity index (χ4v) is 4.88.